The maximum Gasteiger partial charge on any atom is 0.326 e. The summed E-state index contributed by atoms with van der Waals surface area (Å²) < 4.78 is 9.90. The van der Waals surface area contributed by atoms with Gasteiger partial charge in [0, 0.05) is 26.5 Å². The Morgan fingerprint density at radius 2 is 2.29 bits per heavy atom. The maximum absolute atomic E-state index is 11.5. The van der Waals surface area contributed by atoms with Crippen LogP contribution in [0.25, 0.3) is 0 Å². The van der Waals surface area contributed by atoms with Gasteiger partial charge in [-0.2, -0.15) is 0 Å². The van der Waals surface area contributed by atoms with Gasteiger partial charge in [-0.3, -0.25) is 10.1 Å². The molecule has 1 rings (SSSR count). The van der Waals surface area contributed by atoms with Gasteiger partial charge in [0.25, 0.3) is 0 Å². The average molecular weight is 199 g/mol. The summed E-state index contributed by atoms with van der Waals surface area (Å²) in [5, 5.41) is 3.12. The maximum atomic E-state index is 11.5. The summed E-state index contributed by atoms with van der Waals surface area (Å²) in [6.45, 7) is 4.20. The normalized spacial score (nSPS) is 30.6. The molecule has 1 fully saturated rings. The van der Waals surface area contributed by atoms with Crippen LogP contribution in [0.3, 0.4) is 0 Å². The van der Waals surface area contributed by atoms with Crippen LogP contribution < -0.4 is 5.32 Å². The fourth-order valence-electron chi connectivity index (χ4n) is 1.73. The Bertz CT molecular complexity index is 221. The molecule has 4 nitrogen and oxygen atoms in total. The lowest BCUT2D eigenvalue weighted by Crippen LogP contribution is -2.63. The van der Waals surface area contributed by atoms with Crippen molar-refractivity contribution in [3.63, 3.8) is 0 Å². The lowest BCUT2D eigenvalue weighted by atomic mass is 9.74. The number of rotatable bonds is 5. The van der Waals surface area contributed by atoms with Crippen molar-refractivity contribution in [2.75, 3.05) is 20.8 Å². The van der Waals surface area contributed by atoms with Crippen LogP contribution in [0.5, 0.6) is 0 Å². The number of hydrogen-bond acceptors (Lipinski definition) is 4. The lowest BCUT2D eigenvalue weighted by molar-refractivity contribution is -0.159. The topological polar surface area (TPSA) is 47.6 Å². The Kier molecular flexibility index (Phi) is 3.66. The molecule has 0 aromatic heterocycles. The van der Waals surface area contributed by atoms with Crippen LogP contribution in [-0.2, 0) is 14.3 Å². The zero-order valence-electron chi connectivity index (χ0n) is 8.71. The first kappa shape index (κ1) is 11.2. The molecular weight excluding hydrogens is 182 g/mol. The molecule has 80 valence electrons. The molecule has 14 heavy (non-hydrogen) atoms. The molecule has 0 aliphatic heterocycles. The summed E-state index contributed by atoms with van der Waals surface area (Å²) >= 11 is 0. The van der Waals surface area contributed by atoms with Gasteiger partial charge in [0.1, 0.15) is 5.54 Å². The van der Waals surface area contributed by atoms with Gasteiger partial charge < -0.3 is 9.47 Å². The molecule has 0 atom stereocenters. The van der Waals surface area contributed by atoms with Gasteiger partial charge in [-0.1, -0.05) is 6.08 Å². The second-order valence-corrected chi connectivity index (χ2v) is 3.51. The number of esters is 1. The van der Waals surface area contributed by atoms with Crippen molar-refractivity contribution in [3.05, 3.63) is 12.7 Å². The monoisotopic (exact) mass is 199 g/mol. The van der Waals surface area contributed by atoms with Crippen LogP contribution in [0.1, 0.15) is 12.8 Å². The lowest BCUT2D eigenvalue weighted by Gasteiger charge is -2.44. The first-order chi connectivity index (χ1) is 6.68. The predicted molar refractivity (Wildman–Crippen MR) is 53.0 cm³/mol. The molecule has 0 bridgehead atoms. The van der Waals surface area contributed by atoms with E-state index < -0.39 is 5.54 Å². The molecule has 0 heterocycles. The van der Waals surface area contributed by atoms with Gasteiger partial charge in [-0.25, -0.2) is 0 Å². The Hall–Kier alpha value is -0.870. The molecule has 0 aromatic rings. The zero-order valence-corrected chi connectivity index (χ0v) is 8.71. The summed E-state index contributed by atoms with van der Waals surface area (Å²) in [6.07, 6.45) is 3.23. The predicted octanol–water partition coefficient (Wildman–Crippen LogP) is 0.483. The SMILES string of the molecule is C=CCNC1(C(=O)OC)CC(OC)C1. The van der Waals surface area contributed by atoms with Crippen LogP contribution >= 0.6 is 0 Å². The molecule has 0 saturated heterocycles. The highest BCUT2D eigenvalue weighted by Crippen LogP contribution is 2.35. The molecule has 0 amide bonds. The molecule has 0 aromatic carbocycles. The minimum Gasteiger partial charge on any atom is -0.468 e. The van der Waals surface area contributed by atoms with E-state index >= 15 is 0 Å². The fraction of sp³-hybridized carbons (Fsp3) is 0.700. The highest BCUT2D eigenvalue weighted by atomic mass is 16.5. The van der Waals surface area contributed by atoms with Gasteiger partial charge in [-0.15, -0.1) is 6.58 Å². The number of ether oxygens (including phenoxy) is 2. The average Bonchev–Trinajstić information content (AvgIpc) is 2.16. The number of carbonyl (C=O) groups is 1. The van der Waals surface area contributed by atoms with Gasteiger partial charge in [0.15, 0.2) is 0 Å². The van der Waals surface area contributed by atoms with Crippen molar-refractivity contribution >= 4 is 5.97 Å². The summed E-state index contributed by atoms with van der Waals surface area (Å²) in [6, 6.07) is 0. The first-order valence-electron chi connectivity index (χ1n) is 4.65. The Balaban J connectivity index is 2.54. The van der Waals surface area contributed by atoms with Crippen molar-refractivity contribution in [2.45, 2.75) is 24.5 Å². The second-order valence-electron chi connectivity index (χ2n) is 3.51. The minimum atomic E-state index is -0.552. The molecular formula is C10H17NO3. The summed E-state index contributed by atoms with van der Waals surface area (Å²) in [4.78, 5) is 11.5. The molecule has 0 unspecified atom stereocenters. The number of hydrogen-bond donors (Lipinski definition) is 1. The summed E-state index contributed by atoms with van der Waals surface area (Å²) in [5.74, 6) is -0.215. The molecule has 1 aliphatic carbocycles. The fourth-order valence-corrected chi connectivity index (χ4v) is 1.73. The van der Waals surface area contributed by atoms with Crippen molar-refractivity contribution in [3.8, 4) is 0 Å². The Morgan fingerprint density at radius 3 is 2.71 bits per heavy atom. The minimum absolute atomic E-state index is 0.159. The van der Waals surface area contributed by atoms with Crippen molar-refractivity contribution in [1.29, 1.82) is 0 Å². The highest BCUT2D eigenvalue weighted by molar-refractivity contribution is 5.82. The molecule has 0 radical (unpaired) electrons. The van der Waals surface area contributed by atoms with Gasteiger partial charge in [0.05, 0.1) is 13.2 Å². The largest absolute Gasteiger partial charge is 0.468 e. The number of carbonyl (C=O) groups excluding carboxylic acids is 1. The van der Waals surface area contributed by atoms with Crippen LogP contribution in [0.2, 0.25) is 0 Å². The third-order valence-electron chi connectivity index (χ3n) is 2.65. The van der Waals surface area contributed by atoms with E-state index in [1.807, 2.05) is 0 Å². The van der Waals surface area contributed by atoms with Crippen molar-refractivity contribution in [2.24, 2.45) is 0 Å². The van der Waals surface area contributed by atoms with E-state index in [0.29, 0.717) is 19.4 Å². The molecule has 0 spiro atoms. The van der Waals surface area contributed by atoms with Crippen LogP contribution in [0, 0.1) is 0 Å². The van der Waals surface area contributed by atoms with E-state index in [9.17, 15) is 4.79 Å². The Morgan fingerprint density at radius 1 is 1.64 bits per heavy atom. The van der Waals surface area contributed by atoms with Gasteiger partial charge in [0.2, 0.25) is 0 Å². The third kappa shape index (κ3) is 1.96. The van der Waals surface area contributed by atoms with E-state index in [1.54, 1.807) is 13.2 Å². The van der Waals surface area contributed by atoms with Crippen LogP contribution in [-0.4, -0.2) is 38.4 Å². The van der Waals surface area contributed by atoms with Gasteiger partial charge >= 0.3 is 5.97 Å². The quantitative estimate of drug-likeness (QED) is 0.517. The van der Waals surface area contributed by atoms with Crippen molar-refractivity contribution < 1.29 is 14.3 Å². The Labute approximate surface area is 84.3 Å². The van der Waals surface area contributed by atoms with Crippen LogP contribution in [0.15, 0.2) is 12.7 Å². The smallest absolute Gasteiger partial charge is 0.326 e. The van der Waals surface area contributed by atoms with E-state index in [2.05, 4.69) is 11.9 Å². The van der Waals surface area contributed by atoms with Gasteiger partial charge in [-0.05, 0) is 0 Å². The number of nitrogens with one attached hydrogen (secondary N) is 1. The second kappa shape index (κ2) is 4.57. The van der Waals surface area contributed by atoms with E-state index in [-0.39, 0.29) is 12.1 Å². The van der Waals surface area contributed by atoms with E-state index in [1.165, 1.54) is 7.11 Å². The highest BCUT2D eigenvalue weighted by Gasteiger charge is 2.51. The molecule has 1 N–H and O–H groups in total. The standard InChI is InChI=1S/C10H17NO3/c1-4-5-11-10(9(12)14-3)6-8(7-10)13-2/h4,8,11H,1,5-7H2,2-3H3. The number of methoxy groups -OCH3 is 2. The van der Waals surface area contributed by atoms with E-state index in [0.717, 1.165) is 0 Å². The zero-order chi connectivity index (χ0) is 10.6. The van der Waals surface area contributed by atoms with Crippen molar-refractivity contribution in [1.82, 2.24) is 5.32 Å². The molecule has 4 heteroatoms. The van der Waals surface area contributed by atoms with Crippen LogP contribution in [0.4, 0.5) is 0 Å². The molecule has 1 saturated carbocycles. The summed E-state index contributed by atoms with van der Waals surface area (Å²) in [5.41, 5.74) is -0.552. The summed E-state index contributed by atoms with van der Waals surface area (Å²) in [7, 11) is 3.05. The molecule has 1 aliphatic rings. The van der Waals surface area contributed by atoms with E-state index in [4.69, 9.17) is 9.47 Å². The first-order valence-corrected chi connectivity index (χ1v) is 4.65. The third-order valence-corrected chi connectivity index (χ3v) is 2.65.